The molecule has 0 aromatic heterocycles. The van der Waals surface area contributed by atoms with Gasteiger partial charge in [0.05, 0.1) is 11.6 Å². The lowest BCUT2D eigenvalue weighted by molar-refractivity contribution is 0.1000. The number of hydrogen-bond acceptors (Lipinski definition) is 3. The van der Waals surface area contributed by atoms with Gasteiger partial charge in [0, 0.05) is 17.8 Å². The Morgan fingerprint density at radius 2 is 1.86 bits per heavy atom. The van der Waals surface area contributed by atoms with Crippen molar-refractivity contribution in [2.75, 3.05) is 5.32 Å². The van der Waals surface area contributed by atoms with Crippen molar-refractivity contribution in [3.05, 3.63) is 65.2 Å². The topological polar surface area (TPSA) is 108 Å². The van der Waals surface area contributed by atoms with Gasteiger partial charge in [-0.15, -0.1) is 0 Å². The van der Waals surface area contributed by atoms with Gasteiger partial charge in [0.2, 0.25) is 5.91 Å². The monoisotopic (exact) mass is 294 g/mol. The van der Waals surface area contributed by atoms with Gasteiger partial charge in [-0.05, 0) is 42.0 Å². The predicted octanol–water partition coefficient (Wildman–Crippen LogP) is 1.98. The molecule has 2 rings (SSSR count). The van der Waals surface area contributed by atoms with Crippen molar-refractivity contribution in [1.29, 1.82) is 5.26 Å². The van der Waals surface area contributed by atoms with E-state index in [0.29, 0.717) is 16.8 Å². The van der Waals surface area contributed by atoms with Crippen LogP contribution in [0.1, 0.15) is 21.5 Å². The number of rotatable bonds is 4. The maximum Gasteiger partial charge on any atom is 0.319 e. The first-order valence-electron chi connectivity index (χ1n) is 6.52. The second-order valence-electron chi connectivity index (χ2n) is 4.56. The lowest BCUT2D eigenvalue weighted by Crippen LogP contribution is -2.28. The Hall–Kier alpha value is -3.33. The van der Waals surface area contributed by atoms with Crippen LogP contribution in [0.2, 0.25) is 0 Å². The molecule has 6 heteroatoms. The number of hydrogen-bond donors (Lipinski definition) is 3. The van der Waals surface area contributed by atoms with Gasteiger partial charge in [0.1, 0.15) is 0 Å². The minimum atomic E-state index is -0.510. The van der Waals surface area contributed by atoms with Crippen LogP contribution in [0.15, 0.2) is 48.5 Å². The number of benzene rings is 2. The van der Waals surface area contributed by atoms with Crippen molar-refractivity contribution in [3.8, 4) is 6.07 Å². The molecule has 0 fully saturated rings. The number of anilines is 1. The Morgan fingerprint density at radius 3 is 2.50 bits per heavy atom. The van der Waals surface area contributed by atoms with E-state index in [1.165, 1.54) is 0 Å². The number of nitrogens with zero attached hydrogens (tertiary/aromatic N) is 1. The minimum absolute atomic E-state index is 0.267. The molecular formula is C16H14N4O2. The average Bonchev–Trinajstić information content (AvgIpc) is 2.54. The van der Waals surface area contributed by atoms with Crippen LogP contribution in [0.4, 0.5) is 10.5 Å². The van der Waals surface area contributed by atoms with E-state index in [-0.39, 0.29) is 12.6 Å². The van der Waals surface area contributed by atoms with E-state index in [4.69, 9.17) is 11.0 Å². The highest BCUT2D eigenvalue weighted by atomic mass is 16.2. The number of amides is 3. The van der Waals surface area contributed by atoms with Crippen LogP contribution in [0.3, 0.4) is 0 Å². The molecule has 4 N–H and O–H groups in total. The molecule has 6 nitrogen and oxygen atoms in total. The maximum atomic E-state index is 11.8. The molecule has 0 atom stereocenters. The summed E-state index contributed by atoms with van der Waals surface area (Å²) in [6.07, 6.45) is 0. The first-order chi connectivity index (χ1) is 10.6. The van der Waals surface area contributed by atoms with Gasteiger partial charge in [-0.25, -0.2) is 4.79 Å². The zero-order chi connectivity index (χ0) is 15.9. The van der Waals surface area contributed by atoms with Crippen LogP contribution in [0.25, 0.3) is 0 Å². The molecule has 22 heavy (non-hydrogen) atoms. The summed E-state index contributed by atoms with van der Waals surface area (Å²) < 4.78 is 0. The van der Waals surface area contributed by atoms with Gasteiger partial charge < -0.3 is 16.4 Å². The largest absolute Gasteiger partial charge is 0.366 e. The van der Waals surface area contributed by atoms with Gasteiger partial charge in [-0.1, -0.05) is 12.1 Å². The predicted molar refractivity (Wildman–Crippen MR) is 82.0 cm³/mol. The summed E-state index contributed by atoms with van der Waals surface area (Å²) in [4.78, 5) is 22.9. The van der Waals surface area contributed by atoms with E-state index in [1.54, 1.807) is 48.5 Å². The van der Waals surface area contributed by atoms with E-state index in [9.17, 15) is 9.59 Å². The van der Waals surface area contributed by atoms with E-state index in [1.807, 2.05) is 6.07 Å². The molecule has 0 aliphatic carbocycles. The van der Waals surface area contributed by atoms with Crippen LogP contribution < -0.4 is 16.4 Å². The van der Waals surface area contributed by atoms with Crippen molar-refractivity contribution in [3.63, 3.8) is 0 Å². The van der Waals surface area contributed by atoms with Crippen molar-refractivity contribution in [2.24, 2.45) is 5.73 Å². The van der Waals surface area contributed by atoms with E-state index in [2.05, 4.69) is 10.6 Å². The average molecular weight is 294 g/mol. The molecule has 2 aromatic rings. The van der Waals surface area contributed by atoms with E-state index in [0.717, 1.165) is 5.56 Å². The number of nitriles is 1. The summed E-state index contributed by atoms with van der Waals surface area (Å²) in [6, 6.07) is 14.9. The van der Waals surface area contributed by atoms with Crippen molar-refractivity contribution < 1.29 is 9.59 Å². The van der Waals surface area contributed by atoms with Gasteiger partial charge in [-0.3, -0.25) is 4.79 Å². The van der Waals surface area contributed by atoms with Crippen molar-refractivity contribution >= 4 is 17.6 Å². The van der Waals surface area contributed by atoms with E-state index >= 15 is 0 Å². The quantitative estimate of drug-likeness (QED) is 0.802. The van der Waals surface area contributed by atoms with Gasteiger partial charge >= 0.3 is 6.03 Å². The first-order valence-corrected chi connectivity index (χ1v) is 6.52. The summed E-state index contributed by atoms with van der Waals surface area (Å²) >= 11 is 0. The molecule has 0 bridgehead atoms. The molecular weight excluding hydrogens is 280 g/mol. The lowest BCUT2D eigenvalue weighted by Gasteiger charge is -2.08. The summed E-state index contributed by atoms with van der Waals surface area (Å²) in [7, 11) is 0. The zero-order valence-electron chi connectivity index (χ0n) is 11.7. The molecule has 0 radical (unpaired) electrons. The van der Waals surface area contributed by atoms with Crippen molar-refractivity contribution in [2.45, 2.75) is 6.54 Å². The second-order valence-corrected chi connectivity index (χ2v) is 4.56. The zero-order valence-corrected chi connectivity index (χ0v) is 11.7. The fraction of sp³-hybridized carbons (Fsp3) is 0.0625. The molecule has 0 unspecified atom stereocenters. The van der Waals surface area contributed by atoms with Gasteiger partial charge in [0.15, 0.2) is 0 Å². The number of nitrogens with one attached hydrogen (secondary N) is 2. The fourth-order valence-corrected chi connectivity index (χ4v) is 1.82. The third-order valence-electron chi connectivity index (χ3n) is 2.94. The SMILES string of the molecule is N#Cc1ccc(NC(=O)NCc2cccc(C(N)=O)c2)cc1. The molecule has 0 saturated carbocycles. The number of nitrogens with two attached hydrogens (primary N) is 1. The van der Waals surface area contributed by atoms with Crippen LogP contribution in [0.5, 0.6) is 0 Å². The normalized spacial score (nSPS) is 9.59. The molecule has 0 aliphatic rings. The highest BCUT2D eigenvalue weighted by molar-refractivity contribution is 5.93. The number of carbonyl (C=O) groups excluding carboxylic acids is 2. The molecule has 0 heterocycles. The van der Waals surface area contributed by atoms with Gasteiger partial charge in [-0.2, -0.15) is 5.26 Å². The molecule has 0 aliphatic heterocycles. The number of carbonyl (C=O) groups is 2. The first kappa shape index (κ1) is 15.1. The third kappa shape index (κ3) is 4.08. The molecule has 2 aromatic carbocycles. The Labute approximate surface area is 127 Å². The lowest BCUT2D eigenvalue weighted by atomic mass is 10.1. The molecule has 3 amide bonds. The Kier molecular flexibility index (Phi) is 4.73. The van der Waals surface area contributed by atoms with Crippen LogP contribution >= 0.6 is 0 Å². The summed E-state index contributed by atoms with van der Waals surface area (Å²) in [5.74, 6) is -0.510. The minimum Gasteiger partial charge on any atom is -0.366 e. The Balaban J connectivity index is 1.91. The maximum absolute atomic E-state index is 11.8. The summed E-state index contributed by atoms with van der Waals surface area (Å²) in [5.41, 5.74) is 7.48. The summed E-state index contributed by atoms with van der Waals surface area (Å²) in [6.45, 7) is 0.267. The van der Waals surface area contributed by atoms with Crippen LogP contribution in [0, 0.1) is 11.3 Å². The van der Waals surface area contributed by atoms with Crippen molar-refractivity contribution in [1.82, 2.24) is 5.32 Å². The molecule has 0 saturated heterocycles. The highest BCUT2D eigenvalue weighted by Crippen LogP contribution is 2.09. The number of primary amides is 1. The van der Waals surface area contributed by atoms with Gasteiger partial charge in [0.25, 0.3) is 0 Å². The second kappa shape index (κ2) is 6.90. The van der Waals surface area contributed by atoms with E-state index < -0.39 is 5.91 Å². The van der Waals surface area contributed by atoms with Crippen LogP contribution in [-0.4, -0.2) is 11.9 Å². The third-order valence-corrected chi connectivity index (χ3v) is 2.94. The summed E-state index contributed by atoms with van der Waals surface area (Å²) in [5, 5.41) is 14.0. The number of urea groups is 1. The Bertz CT molecular complexity index is 733. The molecule has 0 spiro atoms. The fourth-order valence-electron chi connectivity index (χ4n) is 1.82. The standard InChI is InChI=1S/C16H14N4O2/c17-9-11-4-6-14(7-5-11)20-16(22)19-10-12-2-1-3-13(8-12)15(18)21/h1-8H,10H2,(H2,18,21)(H2,19,20,22). The Morgan fingerprint density at radius 1 is 1.14 bits per heavy atom. The molecule has 110 valence electrons. The van der Waals surface area contributed by atoms with Crippen LogP contribution in [-0.2, 0) is 6.54 Å². The highest BCUT2D eigenvalue weighted by Gasteiger charge is 2.04. The smallest absolute Gasteiger partial charge is 0.319 e.